The minimum atomic E-state index is -0.611. The molecule has 0 aliphatic carbocycles. The summed E-state index contributed by atoms with van der Waals surface area (Å²) in [7, 11) is 0. The SMILES string of the molecule is CC(C)CNc1nccn1-c1ccc(F)cc1F. The lowest BCUT2D eigenvalue weighted by atomic mass is 10.2. The Morgan fingerprint density at radius 2 is 2.11 bits per heavy atom. The molecule has 0 aliphatic heterocycles. The zero-order valence-electron chi connectivity index (χ0n) is 10.3. The minimum absolute atomic E-state index is 0.278. The summed E-state index contributed by atoms with van der Waals surface area (Å²) in [5, 5.41) is 3.12. The molecule has 2 rings (SSSR count). The lowest BCUT2D eigenvalue weighted by Crippen LogP contribution is -2.12. The van der Waals surface area contributed by atoms with Gasteiger partial charge in [0, 0.05) is 25.0 Å². The van der Waals surface area contributed by atoms with Gasteiger partial charge in [0.1, 0.15) is 11.6 Å². The second-order valence-corrected chi connectivity index (χ2v) is 4.49. The lowest BCUT2D eigenvalue weighted by Gasteiger charge is -2.12. The van der Waals surface area contributed by atoms with E-state index in [1.54, 1.807) is 17.0 Å². The van der Waals surface area contributed by atoms with E-state index in [4.69, 9.17) is 0 Å². The average Bonchev–Trinajstić information content (AvgIpc) is 2.74. The summed E-state index contributed by atoms with van der Waals surface area (Å²) in [6.45, 7) is 4.87. The van der Waals surface area contributed by atoms with Gasteiger partial charge in [-0.25, -0.2) is 13.8 Å². The molecule has 0 saturated heterocycles. The van der Waals surface area contributed by atoms with Crippen molar-refractivity contribution < 1.29 is 8.78 Å². The monoisotopic (exact) mass is 251 g/mol. The van der Waals surface area contributed by atoms with Gasteiger partial charge < -0.3 is 5.32 Å². The van der Waals surface area contributed by atoms with Gasteiger partial charge in [0.15, 0.2) is 0 Å². The molecular weight excluding hydrogens is 236 g/mol. The highest BCUT2D eigenvalue weighted by atomic mass is 19.1. The molecule has 0 fully saturated rings. The number of nitrogens with one attached hydrogen (secondary N) is 1. The Balaban J connectivity index is 2.30. The molecule has 2 aromatic rings. The van der Waals surface area contributed by atoms with E-state index in [9.17, 15) is 8.78 Å². The van der Waals surface area contributed by atoms with Crippen molar-refractivity contribution in [2.75, 3.05) is 11.9 Å². The number of halogens is 2. The van der Waals surface area contributed by atoms with Gasteiger partial charge in [-0.3, -0.25) is 4.57 Å². The Kier molecular flexibility index (Phi) is 3.60. The topological polar surface area (TPSA) is 29.9 Å². The molecule has 1 heterocycles. The largest absolute Gasteiger partial charge is 0.355 e. The van der Waals surface area contributed by atoms with Gasteiger partial charge in [-0.05, 0) is 18.1 Å². The van der Waals surface area contributed by atoms with Crippen molar-refractivity contribution in [3.63, 3.8) is 0 Å². The van der Waals surface area contributed by atoms with E-state index in [-0.39, 0.29) is 5.69 Å². The highest BCUT2D eigenvalue weighted by molar-refractivity contribution is 5.42. The Bertz CT molecular complexity index is 535. The predicted octanol–water partition coefficient (Wildman–Crippen LogP) is 3.22. The molecule has 0 bridgehead atoms. The highest BCUT2D eigenvalue weighted by Gasteiger charge is 2.10. The summed E-state index contributed by atoms with van der Waals surface area (Å²) in [6.07, 6.45) is 3.21. The predicted molar refractivity (Wildman–Crippen MR) is 66.8 cm³/mol. The molecule has 1 aromatic carbocycles. The lowest BCUT2D eigenvalue weighted by molar-refractivity contribution is 0.578. The van der Waals surface area contributed by atoms with Crippen LogP contribution in [0.4, 0.5) is 14.7 Å². The van der Waals surface area contributed by atoms with E-state index in [0.29, 0.717) is 11.9 Å². The van der Waals surface area contributed by atoms with E-state index in [1.807, 2.05) is 0 Å². The van der Waals surface area contributed by atoms with E-state index >= 15 is 0 Å². The molecule has 0 atom stereocenters. The van der Waals surface area contributed by atoms with Gasteiger partial charge in [-0.2, -0.15) is 0 Å². The molecule has 1 N–H and O–H groups in total. The van der Waals surface area contributed by atoms with Crippen LogP contribution >= 0.6 is 0 Å². The first kappa shape index (κ1) is 12.5. The van der Waals surface area contributed by atoms with E-state index in [2.05, 4.69) is 24.1 Å². The van der Waals surface area contributed by atoms with Crippen LogP contribution in [0.2, 0.25) is 0 Å². The van der Waals surface area contributed by atoms with E-state index in [1.165, 1.54) is 12.1 Å². The third kappa shape index (κ3) is 2.67. The van der Waals surface area contributed by atoms with Crippen LogP contribution < -0.4 is 5.32 Å². The maximum Gasteiger partial charge on any atom is 0.207 e. The van der Waals surface area contributed by atoms with Crippen LogP contribution in [0.25, 0.3) is 5.69 Å². The number of anilines is 1. The van der Waals surface area contributed by atoms with Crippen molar-refractivity contribution in [2.45, 2.75) is 13.8 Å². The molecule has 0 spiro atoms. The van der Waals surface area contributed by atoms with Crippen molar-refractivity contribution in [1.29, 1.82) is 0 Å². The summed E-state index contributed by atoms with van der Waals surface area (Å²) in [5.41, 5.74) is 0.278. The minimum Gasteiger partial charge on any atom is -0.355 e. The van der Waals surface area contributed by atoms with Crippen LogP contribution in [0.1, 0.15) is 13.8 Å². The fourth-order valence-electron chi connectivity index (χ4n) is 1.60. The smallest absolute Gasteiger partial charge is 0.207 e. The van der Waals surface area contributed by atoms with Crippen LogP contribution in [0, 0.1) is 17.6 Å². The molecule has 96 valence electrons. The van der Waals surface area contributed by atoms with Gasteiger partial charge in [0.25, 0.3) is 0 Å². The first-order valence-corrected chi connectivity index (χ1v) is 5.80. The molecule has 5 heteroatoms. The number of rotatable bonds is 4. The molecule has 3 nitrogen and oxygen atoms in total. The first-order valence-electron chi connectivity index (χ1n) is 5.80. The van der Waals surface area contributed by atoms with Crippen molar-refractivity contribution in [2.24, 2.45) is 5.92 Å². The highest BCUT2D eigenvalue weighted by Crippen LogP contribution is 2.18. The normalized spacial score (nSPS) is 10.9. The average molecular weight is 251 g/mol. The number of nitrogens with zero attached hydrogens (tertiary/aromatic N) is 2. The second kappa shape index (κ2) is 5.16. The fraction of sp³-hybridized carbons (Fsp3) is 0.308. The van der Waals surface area contributed by atoms with Crippen molar-refractivity contribution in [3.8, 4) is 5.69 Å². The molecule has 0 amide bonds. The second-order valence-electron chi connectivity index (χ2n) is 4.49. The third-order valence-electron chi connectivity index (χ3n) is 2.48. The summed E-state index contributed by atoms with van der Waals surface area (Å²) in [4.78, 5) is 4.12. The van der Waals surface area contributed by atoms with E-state index in [0.717, 1.165) is 12.6 Å². The van der Waals surface area contributed by atoms with Crippen LogP contribution in [0.5, 0.6) is 0 Å². The third-order valence-corrected chi connectivity index (χ3v) is 2.48. The Hall–Kier alpha value is -1.91. The Morgan fingerprint density at radius 3 is 2.78 bits per heavy atom. The van der Waals surface area contributed by atoms with Crippen molar-refractivity contribution in [3.05, 3.63) is 42.2 Å². The van der Waals surface area contributed by atoms with Gasteiger partial charge in [-0.15, -0.1) is 0 Å². The van der Waals surface area contributed by atoms with Gasteiger partial charge >= 0.3 is 0 Å². The van der Waals surface area contributed by atoms with Crippen LogP contribution in [-0.2, 0) is 0 Å². The van der Waals surface area contributed by atoms with Crippen LogP contribution in [0.3, 0.4) is 0 Å². The molecule has 1 aromatic heterocycles. The molecule has 18 heavy (non-hydrogen) atoms. The maximum absolute atomic E-state index is 13.7. The fourth-order valence-corrected chi connectivity index (χ4v) is 1.60. The van der Waals surface area contributed by atoms with E-state index < -0.39 is 11.6 Å². The zero-order chi connectivity index (χ0) is 13.1. The Morgan fingerprint density at radius 1 is 1.33 bits per heavy atom. The summed E-state index contributed by atoms with van der Waals surface area (Å²) in [5.74, 6) is -0.198. The van der Waals surface area contributed by atoms with Gasteiger partial charge in [-0.1, -0.05) is 13.8 Å². The zero-order valence-corrected chi connectivity index (χ0v) is 10.3. The number of benzene rings is 1. The number of imidazole rings is 1. The molecule has 0 aliphatic rings. The Labute approximate surface area is 104 Å². The van der Waals surface area contributed by atoms with Gasteiger partial charge in [0.05, 0.1) is 5.69 Å². The summed E-state index contributed by atoms with van der Waals surface area (Å²) in [6, 6.07) is 3.49. The molecule has 0 unspecified atom stereocenters. The van der Waals surface area contributed by atoms with Gasteiger partial charge in [0.2, 0.25) is 5.95 Å². The molecular formula is C13H15F2N3. The summed E-state index contributed by atoms with van der Waals surface area (Å²) >= 11 is 0. The molecule has 0 radical (unpaired) electrons. The first-order chi connectivity index (χ1) is 8.58. The van der Waals surface area contributed by atoms with Crippen LogP contribution in [-0.4, -0.2) is 16.1 Å². The maximum atomic E-state index is 13.7. The summed E-state index contributed by atoms with van der Waals surface area (Å²) < 4.78 is 28.1. The number of aromatic nitrogens is 2. The number of hydrogen-bond acceptors (Lipinski definition) is 2. The standard InChI is InChI=1S/C13H15F2N3/c1-9(2)8-17-13-16-5-6-18(13)12-4-3-10(14)7-11(12)15/h3-7,9H,8H2,1-2H3,(H,16,17). The van der Waals surface area contributed by atoms with Crippen molar-refractivity contribution >= 4 is 5.95 Å². The van der Waals surface area contributed by atoms with Crippen LogP contribution in [0.15, 0.2) is 30.6 Å². The molecule has 0 saturated carbocycles. The van der Waals surface area contributed by atoms with Crippen molar-refractivity contribution in [1.82, 2.24) is 9.55 Å². The number of hydrogen-bond donors (Lipinski definition) is 1. The quantitative estimate of drug-likeness (QED) is 0.904.